The summed E-state index contributed by atoms with van der Waals surface area (Å²) in [7, 11) is 0. The Kier molecular flexibility index (Phi) is 4.23. The third-order valence-corrected chi connectivity index (χ3v) is 6.00. The molecule has 0 spiro atoms. The molecule has 0 amide bonds. The van der Waals surface area contributed by atoms with E-state index in [0.717, 1.165) is 35.1 Å². The maximum absolute atomic E-state index is 14.2. The number of halogens is 1. The lowest BCUT2D eigenvalue weighted by Gasteiger charge is -2.40. The lowest BCUT2D eigenvalue weighted by Crippen LogP contribution is -2.23. The van der Waals surface area contributed by atoms with E-state index in [-0.39, 0.29) is 11.6 Å². The minimum atomic E-state index is -0.177. The van der Waals surface area contributed by atoms with E-state index in [1.54, 1.807) is 19.1 Å². The number of Topliss-reactive ketones (excluding diaryl/α,β-unsaturated/α-hetero) is 1. The Hall–Kier alpha value is -1.96. The van der Waals surface area contributed by atoms with Crippen molar-refractivity contribution in [2.45, 2.75) is 64.2 Å². The van der Waals surface area contributed by atoms with Crippen LogP contribution in [-0.4, -0.2) is 5.78 Å². The normalized spacial score (nSPS) is 21.2. The van der Waals surface area contributed by atoms with Gasteiger partial charge in [0.05, 0.1) is 0 Å². The monoisotopic (exact) mass is 336 g/mol. The van der Waals surface area contributed by atoms with Crippen molar-refractivity contribution in [3.05, 3.63) is 58.4 Å². The van der Waals surface area contributed by atoms with Crippen LogP contribution in [0.3, 0.4) is 0 Å². The number of hydrogen-bond acceptors (Lipinski definition) is 1. The van der Waals surface area contributed by atoms with E-state index in [1.807, 2.05) is 6.07 Å². The fourth-order valence-corrected chi connectivity index (χ4v) is 4.84. The van der Waals surface area contributed by atoms with Crippen LogP contribution in [0.4, 0.5) is 4.39 Å². The van der Waals surface area contributed by atoms with Crippen molar-refractivity contribution in [1.29, 1.82) is 0 Å². The summed E-state index contributed by atoms with van der Waals surface area (Å²) in [6, 6.07) is 9.52. The summed E-state index contributed by atoms with van der Waals surface area (Å²) in [5, 5.41) is 0. The maximum atomic E-state index is 14.2. The van der Waals surface area contributed by atoms with Crippen molar-refractivity contribution < 1.29 is 9.18 Å². The Morgan fingerprint density at radius 3 is 2.44 bits per heavy atom. The van der Waals surface area contributed by atoms with E-state index in [2.05, 4.69) is 19.1 Å². The highest BCUT2D eigenvalue weighted by molar-refractivity contribution is 5.96. The first-order valence-corrected chi connectivity index (χ1v) is 9.55. The van der Waals surface area contributed by atoms with Crippen LogP contribution in [0.15, 0.2) is 30.3 Å². The molecular weight excluding hydrogens is 311 g/mol. The molecule has 0 atom stereocenters. The van der Waals surface area contributed by atoms with Gasteiger partial charge >= 0.3 is 0 Å². The number of fused-ring (bicyclic) bond motifs is 2. The minimum absolute atomic E-state index is 0.0932. The van der Waals surface area contributed by atoms with Gasteiger partial charge in [0.2, 0.25) is 0 Å². The molecule has 0 heterocycles. The Morgan fingerprint density at radius 1 is 1.04 bits per heavy atom. The molecule has 3 aliphatic rings. The average molecular weight is 336 g/mol. The van der Waals surface area contributed by atoms with Crippen LogP contribution in [0, 0.1) is 5.82 Å². The largest absolute Gasteiger partial charge is 0.295 e. The Labute approximate surface area is 149 Å². The molecule has 1 nitrogen and oxygen atoms in total. The summed E-state index contributed by atoms with van der Waals surface area (Å²) in [5.41, 5.74) is 6.58. The van der Waals surface area contributed by atoms with Gasteiger partial charge in [0.1, 0.15) is 5.82 Å². The summed E-state index contributed by atoms with van der Waals surface area (Å²) in [5.74, 6) is 1.05. The van der Waals surface area contributed by atoms with E-state index in [1.165, 1.54) is 36.8 Å². The van der Waals surface area contributed by atoms with Crippen LogP contribution >= 0.6 is 0 Å². The molecule has 0 aliphatic heterocycles. The smallest absolute Gasteiger partial charge is 0.159 e. The van der Waals surface area contributed by atoms with Crippen molar-refractivity contribution in [2.24, 2.45) is 0 Å². The van der Waals surface area contributed by atoms with Crippen LogP contribution in [-0.2, 0) is 6.42 Å². The second kappa shape index (κ2) is 6.40. The number of rotatable bonds is 4. The Balaban J connectivity index is 1.94. The van der Waals surface area contributed by atoms with Crippen LogP contribution in [0.2, 0.25) is 0 Å². The first-order chi connectivity index (χ1) is 12.1. The molecule has 25 heavy (non-hydrogen) atoms. The average Bonchev–Trinajstić information content (AvgIpc) is 2.61. The van der Waals surface area contributed by atoms with Crippen molar-refractivity contribution in [3.8, 4) is 11.1 Å². The molecular formula is C23H25FO. The number of ketones is 1. The maximum Gasteiger partial charge on any atom is 0.159 e. The zero-order chi connectivity index (χ0) is 17.6. The van der Waals surface area contributed by atoms with Crippen LogP contribution in [0.1, 0.15) is 84.8 Å². The summed E-state index contributed by atoms with van der Waals surface area (Å²) in [6.45, 7) is 3.74. The van der Waals surface area contributed by atoms with Gasteiger partial charge in [-0.3, -0.25) is 4.79 Å². The van der Waals surface area contributed by atoms with Crippen molar-refractivity contribution in [2.75, 3.05) is 0 Å². The first kappa shape index (κ1) is 16.5. The molecule has 0 N–H and O–H groups in total. The first-order valence-electron chi connectivity index (χ1n) is 9.55. The van der Waals surface area contributed by atoms with Gasteiger partial charge in [0, 0.05) is 5.56 Å². The van der Waals surface area contributed by atoms with Gasteiger partial charge in [-0.25, -0.2) is 4.39 Å². The second-order valence-corrected chi connectivity index (χ2v) is 7.73. The second-order valence-electron chi connectivity index (χ2n) is 7.73. The van der Waals surface area contributed by atoms with E-state index < -0.39 is 0 Å². The number of hydrogen-bond donors (Lipinski definition) is 0. The highest BCUT2D eigenvalue weighted by atomic mass is 19.1. The lowest BCUT2D eigenvalue weighted by atomic mass is 9.65. The topological polar surface area (TPSA) is 17.1 Å². The minimum Gasteiger partial charge on any atom is -0.295 e. The molecule has 130 valence electrons. The zero-order valence-electron chi connectivity index (χ0n) is 15.1. The van der Waals surface area contributed by atoms with Crippen LogP contribution < -0.4 is 0 Å². The predicted molar refractivity (Wildman–Crippen MR) is 99.8 cm³/mol. The number of carbonyl (C=O) groups excluding carboxylic acids is 1. The quantitative estimate of drug-likeness (QED) is 0.590. The van der Waals surface area contributed by atoms with Crippen molar-refractivity contribution in [3.63, 3.8) is 0 Å². The van der Waals surface area contributed by atoms with Crippen LogP contribution in [0.5, 0.6) is 0 Å². The van der Waals surface area contributed by atoms with Crippen LogP contribution in [0.25, 0.3) is 11.1 Å². The number of carbonyl (C=O) groups is 1. The van der Waals surface area contributed by atoms with E-state index in [0.29, 0.717) is 11.8 Å². The van der Waals surface area contributed by atoms with Gasteiger partial charge in [-0.2, -0.15) is 0 Å². The van der Waals surface area contributed by atoms with Gasteiger partial charge in [0.25, 0.3) is 0 Å². The van der Waals surface area contributed by atoms with Gasteiger partial charge in [-0.15, -0.1) is 0 Å². The fraction of sp³-hybridized carbons (Fsp3) is 0.435. The zero-order valence-corrected chi connectivity index (χ0v) is 15.1. The molecule has 0 radical (unpaired) electrons. The number of aryl methyl sites for hydroxylation is 1. The van der Waals surface area contributed by atoms with Crippen molar-refractivity contribution >= 4 is 5.78 Å². The predicted octanol–water partition coefficient (Wildman–Crippen LogP) is 6.40. The van der Waals surface area contributed by atoms with Gasteiger partial charge in [-0.05, 0) is 103 Å². The summed E-state index contributed by atoms with van der Waals surface area (Å²) in [6.07, 6.45) is 6.78. The van der Waals surface area contributed by atoms with E-state index in [9.17, 15) is 9.18 Å². The number of benzene rings is 2. The van der Waals surface area contributed by atoms with Gasteiger partial charge in [0.15, 0.2) is 5.78 Å². The molecule has 1 saturated carbocycles. The molecule has 2 bridgehead atoms. The van der Waals surface area contributed by atoms with Gasteiger partial charge < -0.3 is 0 Å². The molecule has 2 aromatic rings. The van der Waals surface area contributed by atoms with Crippen molar-refractivity contribution in [1.82, 2.24) is 0 Å². The SMILES string of the molecule is CCCc1cc(F)cc(-c2cc(C(C)=O)cc3c2C2CCC3CC2)c1. The van der Waals surface area contributed by atoms with E-state index >= 15 is 0 Å². The lowest BCUT2D eigenvalue weighted by molar-refractivity contribution is 0.101. The summed E-state index contributed by atoms with van der Waals surface area (Å²) >= 11 is 0. The third kappa shape index (κ3) is 2.92. The third-order valence-electron chi connectivity index (χ3n) is 6.00. The molecule has 3 aliphatic carbocycles. The standard InChI is InChI=1S/C23H25FO/c1-3-4-15-9-19(11-20(24)10-15)22-13-18(14(2)25)12-21-16-5-7-17(8-6-16)23(21)22/h9-13,16-17H,3-8H2,1-2H3. The molecule has 0 aromatic heterocycles. The summed E-state index contributed by atoms with van der Waals surface area (Å²) in [4.78, 5) is 12.1. The Morgan fingerprint density at radius 2 is 1.76 bits per heavy atom. The Bertz CT molecular complexity index is 828. The molecule has 0 unspecified atom stereocenters. The summed E-state index contributed by atoms with van der Waals surface area (Å²) < 4.78 is 14.2. The molecule has 2 aromatic carbocycles. The van der Waals surface area contributed by atoms with Gasteiger partial charge in [-0.1, -0.05) is 19.4 Å². The van der Waals surface area contributed by atoms with E-state index in [4.69, 9.17) is 0 Å². The fourth-order valence-electron chi connectivity index (χ4n) is 4.84. The highest BCUT2D eigenvalue weighted by Gasteiger charge is 2.35. The highest BCUT2D eigenvalue weighted by Crippen LogP contribution is 2.52. The molecule has 0 saturated heterocycles. The molecule has 1 fully saturated rings. The molecule has 2 heteroatoms. The molecule has 5 rings (SSSR count).